The Labute approximate surface area is 153 Å². The van der Waals surface area contributed by atoms with Crippen molar-refractivity contribution in [2.24, 2.45) is 16.8 Å². The van der Waals surface area contributed by atoms with Crippen molar-refractivity contribution in [2.75, 3.05) is 34.2 Å². The molecule has 22 heavy (non-hydrogen) atoms. The van der Waals surface area contributed by atoms with Gasteiger partial charge in [-0.05, 0) is 51.6 Å². The van der Waals surface area contributed by atoms with Crippen LogP contribution in [0.2, 0.25) is 0 Å². The molecule has 5 heteroatoms. The molecule has 2 fully saturated rings. The molecule has 0 aliphatic heterocycles. The Morgan fingerprint density at radius 1 is 1.14 bits per heavy atom. The van der Waals surface area contributed by atoms with Gasteiger partial charge in [0.25, 0.3) is 0 Å². The second-order valence-electron chi connectivity index (χ2n) is 7.04. The van der Waals surface area contributed by atoms with Crippen molar-refractivity contribution in [3.05, 3.63) is 0 Å². The van der Waals surface area contributed by atoms with Crippen LogP contribution in [0.5, 0.6) is 0 Å². The average molecular weight is 422 g/mol. The van der Waals surface area contributed by atoms with Crippen molar-refractivity contribution in [1.82, 2.24) is 15.5 Å². The monoisotopic (exact) mass is 422 g/mol. The Hall–Kier alpha value is -0.0400. The van der Waals surface area contributed by atoms with Gasteiger partial charge in [0.1, 0.15) is 0 Å². The summed E-state index contributed by atoms with van der Waals surface area (Å²) in [6.45, 7) is 2.05. The summed E-state index contributed by atoms with van der Waals surface area (Å²) in [5, 5.41) is 6.97. The van der Waals surface area contributed by atoms with E-state index in [0.717, 1.165) is 30.9 Å². The van der Waals surface area contributed by atoms with Gasteiger partial charge in [-0.2, -0.15) is 0 Å². The first-order valence-electron chi connectivity index (χ1n) is 8.81. The van der Waals surface area contributed by atoms with Crippen molar-refractivity contribution in [3.8, 4) is 0 Å². The molecule has 0 amide bonds. The zero-order chi connectivity index (χ0) is 15.1. The summed E-state index contributed by atoms with van der Waals surface area (Å²) in [4.78, 5) is 6.69. The summed E-state index contributed by atoms with van der Waals surface area (Å²) in [6, 6.07) is 0.641. The van der Waals surface area contributed by atoms with Crippen LogP contribution >= 0.6 is 24.0 Å². The maximum Gasteiger partial charge on any atom is 0.191 e. The number of rotatable bonds is 8. The minimum atomic E-state index is 0. The lowest BCUT2D eigenvalue weighted by Gasteiger charge is -2.25. The van der Waals surface area contributed by atoms with E-state index in [2.05, 4.69) is 34.6 Å². The zero-order valence-electron chi connectivity index (χ0n) is 14.6. The Bertz CT molecular complexity index is 321. The number of hydrogen-bond donors (Lipinski definition) is 2. The standard InChI is InChI=1S/C17H34N4.HI/c1-18-17(19-12-6-9-14-7-4-5-8-14)20-13-16(21(2)3)15-10-11-15;/h14-16H,4-13H2,1-3H3,(H2,18,19,20);1H. The molecule has 130 valence electrons. The predicted molar refractivity (Wildman–Crippen MR) is 106 cm³/mol. The Morgan fingerprint density at radius 2 is 1.82 bits per heavy atom. The fourth-order valence-electron chi connectivity index (χ4n) is 3.57. The summed E-state index contributed by atoms with van der Waals surface area (Å²) in [5.41, 5.74) is 0. The summed E-state index contributed by atoms with van der Waals surface area (Å²) < 4.78 is 0. The molecule has 0 aromatic heterocycles. The fourth-order valence-corrected chi connectivity index (χ4v) is 3.57. The molecule has 0 spiro atoms. The molecule has 1 unspecified atom stereocenters. The van der Waals surface area contributed by atoms with E-state index in [0.29, 0.717) is 6.04 Å². The Kier molecular flexibility index (Phi) is 9.71. The van der Waals surface area contributed by atoms with E-state index in [1.807, 2.05) is 7.05 Å². The van der Waals surface area contributed by atoms with Crippen LogP contribution in [-0.2, 0) is 0 Å². The minimum Gasteiger partial charge on any atom is -0.356 e. The second kappa shape index (κ2) is 10.7. The van der Waals surface area contributed by atoms with E-state index in [9.17, 15) is 0 Å². The smallest absolute Gasteiger partial charge is 0.191 e. The van der Waals surface area contributed by atoms with Crippen LogP contribution in [-0.4, -0.2) is 51.1 Å². The molecule has 2 N–H and O–H groups in total. The van der Waals surface area contributed by atoms with Crippen LogP contribution in [0.4, 0.5) is 0 Å². The topological polar surface area (TPSA) is 39.7 Å². The highest BCUT2D eigenvalue weighted by atomic mass is 127. The first-order valence-corrected chi connectivity index (χ1v) is 8.81. The maximum atomic E-state index is 4.34. The molecule has 2 aliphatic rings. The molecule has 0 aromatic rings. The third kappa shape index (κ3) is 7.02. The molecule has 2 rings (SSSR count). The summed E-state index contributed by atoms with van der Waals surface area (Å²) in [5.74, 6) is 2.84. The van der Waals surface area contributed by atoms with E-state index >= 15 is 0 Å². The van der Waals surface area contributed by atoms with Crippen molar-refractivity contribution in [1.29, 1.82) is 0 Å². The number of nitrogens with one attached hydrogen (secondary N) is 2. The van der Waals surface area contributed by atoms with Crippen LogP contribution in [0.3, 0.4) is 0 Å². The summed E-state index contributed by atoms with van der Waals surface area (Å²) in [6.07, 6.45) is 11.2. The predicted octanol–water partition coefficient (Wildman–Crippen LogP) is 3.08. The van der Waals surface area contributed by atoms with Crippen molar-refractivity contribution >= 4 is 29.9 Å². The first kappa shape index (κ1) is 20.0. The quantitative estimate of drug-likeness (QED) is 0.273. The minimum absolute atomic E-state index is 0. The van der Waals surface area contributed by atoms with Gasteiger partial charge in [-0.3, -0.25) is 4.99 Å². The number of nitrogens with zero attached hydrogens (tertiary/aromatic N) is 2. The van der Waals surface area contributed by atoms with Gasteiger partial charge in [-0.15, -0.1) is 24.0 Å². The molecular formula is C17H35IN4. The molecule has 4 nitrogen and oxygen atoms in total. The first-order chi connectivity index (χ1) is 10.2. The van der Waals surface area contributed by atoms with E-state index < -0.39 is 0 Å². The van der Waals surface area contributed by atoms with Gasteiger partial charge in [0.2, 0.25) is 0 Å². The molecule has 1 atom stereocenters. The van der Waals surface area contributed by atoms with Crippen molar-refractivity contribution < 1.29 is 0 Å². The molecule has 0 aromatic carbocycles. The fraction of sp³-hybridized carbons (Fsp3) is 0.941. The third-order valence-electron chi connectivity index (χ3n) is 5.09. The zero-order valence-corrected chi connectivity index (χ0v) is 16.9. The molecule has 2 saturated carbocycles. The van der Waals surface area contributed by atoms with E-state index in [1.165, 1.54) is 51.4 Å². The van der Waals surface area contributed by atoms with Crippen molar-refractivity contribution in [2.45, 2.75) is 57.4 Å². The molecule has 0 bridgehead atoms. The number of guanidine groups is 1. The normalized spacial score (nSPS) is 20.8. The summed E-state index contributed by atoms with van der Waals surface area (Å²) >= 11 is 0. The van der Waals surface area contributed by atoms with E-state index in [-0.39, 0.29) is 24.0 Å². The lowest BCUT2D eigenvalue weighted by Crippen LogP contribution is -2.46. The number of likely N-dealkylation sites (N-methyl/N-ethyl adjacent to an activating group) is 1. The molecule has 0 heterocycles. The van der Waals surface area contributed by atoms with Gasteiger partial charge in [-0.25, -0.2) is 0 Å². The van der Waals surface area contributed by atoms with Crippen LogP contribution in [0.25, 0.3) is 0 Å². The highest BCUT2D eigenvalue weighted by Gasteiger charge is 2.32. The maximum absolute atomic E-state index is 4.34. The van der Waals surface area contributed by atoms with Gasteiger partial charge in [0.05, 0.1) is 0 Å². The van der Waals surface area contributed by atoms with E-state index in [4.69, 9.17) is 0 Å². The largest absolute Gasteiger partial charge is 0.356 e. The van der Waals surface area contributed by atoms with Crippen LogP contribution in [0, 0.1) is 11.8 Å². The number of hydrogen-bond acceptors (Lipinski definition) is 2. The van der Waals surface area contributed by atoms with E-state index in [1.54, 1.807) is 0 Å². The average Bonchev–Trinajstić information content (AvgIpc) is 3.16. The number of aliphatic imine (C=N–C) groups is 1. The van der Waals surface area contributed by atoms with Gasteiger partial charge in [0.15, 0.2) is 5.96 Å². The van der Waals surface area contributed by atoms with Crippen LogP contribution in [0.15, 0.2) is 4.99 Å². The highest BCUT2D eigenvalue weighted by Crippen LogP contribution is 2.34. The highest BCUT2D eigenvalue weighted by molar-refractivity contribution is 14.0. The van der Waals surface area contributed by atoms with Gasteiger partial charge in [-0.1, -0.05) is 25.7 Å². The second-order valence-corrected chi connectivity index (χ2v) is 7.04. The van der Waals surface area contributed by atoms with Gasteiger partial charge in [0, 0.05) is 26.2 Å². The van der Waals surface area contributed by atoms with Gasteiger partial charge < -0.3 is 15.5 Å². The van der Waals surface area contributed by atoms with Crippen molar-refractivity contribution in [3.63, 3.8) is 0 Å². The third-order valence-corrected chi connectivity index (χ3v) is 5.09. The van der Waals surface area contributed by atoms with Crippen LogP contribution < -0.4 is 10.6 Å². The molecule has 2 aliphatic carbocycles. The summed E-state index contributed by atoms with van der Waals surface area (Å²) in [7, 11) is 6.24. The lowest BCUT2D eigenvalue weighted by atomic mass is 10.0. The number of halogens is 1. The lowest BCUT2D eigenvalue weighted by molar-refractivity contribution is 0.264. The van der Waals surface area contributed by atoms with Crippen LogP contribution in [0.1, 0.15) is 51.4 Å². The molecule has 0 saturated heterocycles. The Morgan fingerprint density at radius 3 is 2.36 bits per heavy atom. The molecule has 0 radical (unpaired) electrons. The van der Waals surface area contributed by atoms with Gasteiger partial charge >= 0.3 is 0 Å². The molecular weight excluding hydrogens is 387 g/mol. The SMILES string of the molecule is CN=C(NCCCC1CCCC1)NCC(C1CC1)N(C)C.I. The Balaban J connectivity index is 0.00000242.